The Bertz CT molecular complexity index is 1330. The molecule has 3 aromatic carbocycles. The summed E-state index contributed by atoms with van der Waals surface area (Å²) in [6, 6.07) is 20.9. The SMILES string of the molecule is O=C(CSc1nnc(COc2ccccc2F)n1-c1ccccc1)Nc1ccc2c(c1)OCCO2. The molecule has 35 heavy (non-hydrogen) atoms. The zero-order valence-corrected chi connectivity index (χ0v) is 19.3. The molecule has 178 valence electrons. The van der Waals surface area contributed by atoms with Gasteiger partial charge in [0.25, 0.3) is 0 Å². The molecule has 1 aromatic heterocycles. The van der Waals surface area contributed by atoms with Crippen molar-refractivity contribution in [1.82, 2.24) is 14.8 Å². The van der Waals surface area contributed by atoms with Crippen molar-refractivity contribution >= 4 is 23.4 Å². The van der Waals surface area contributed by atoms with Crippen molar-refractivity contribution in [2.75, 3.05) is 24.3 Å². The summed E-state index contributed by atoms with van der Waals surface area (Å²) >= 11 is 1.24. The van der Waals surface area contributed by atoms with Crippen LogP contribution in [0.5, 0.6) is 17.2 Å². The summed E-state index contributed by atoms with van der Waals surface area (Å²) < 4.78 is 32.5. The van der Waals surface area contributed by atoms with Gasteiger partial charge in [-0.15, -0.1) is 10.2 Å². The van der Waals surface area contributed by atoms with Gasteiger partial charge in [0, 0.05) is 17.4 Å². The van der Waals surface area contributed by atoms with Crippen LogP contribution in [-0.4, -0.2) is 39.6 Å². The van der Waals surface area contributed by atoms with Gasteiger partial charge < -0.3 is 19.5 Å². The van der Waals surface area contributed by atoms with Crippen molar-refractivity contribution < 1.29 is 23.4 Å². The van der Waals surface area contributed by atoms with E-state index in [-0.39, 0.29) is 24.0 Å². The van der Waals surface area contributed by atoms with E-state index in [1.807, 2.05) is 30.3 Å². The summed E-state index contributed by atoms with van der Waals surface area (Å²) in [7, 11) is 0. The van der Waals surface area contributed by atoms with Crippen molar-refractivity contribution in [2.45, 2.75) is 11.8 Å². The van der Waals surface area contributed by atoms with Crippen LogP contribution in [0.3, 0.4) is 0 Å². The van der Waals surface area contributed by atoms with Crippen LogP contribution < -0.4 is 19.5 Å². The van der Waals surface area contributed by atoms with Gasteiger partial charge in [0.05, 0.1) is 5.75 Å². The van der Waals surface area contributed by atoms with Crippen molar-refractivity contribution in [1.29, 1.82) is 0 Å². The Morgan fingerprint density at radius 3 is 2.60 bits per heavy atom. The third kappa shape index (κ3) is 5.38. The molecule has 0 saturated carbocycles. The molecule has 1 aliphatic rings. The fourth-order valence-electron chi connectivity index (χ4n) is 3.48. The topological polar surface area (TPSA) is 87.5 Å². The molecule has 5 rings (SSSR count). The number of amides is 1. The van der Waals surface area contributed by atoms with E-state index in [9.17, 15) is 9.18 Å². The minimum atomic E-state index is -0.455. The fourth-order valence-corrected chi connectivity index (χ4v) is 4.25. The summed E-state index contributed by atoms with van der Waals surface area (Å²) in [4.78, 5) is 12.6. The quantitative estimate of drug-likeness (QED) is 0.363. The Morgan fingerprint density at radius 2 is 1.77 bits per heavy atom. The third-order valence-electron chi connectivity index (χ3n) is 5.07. The molecule has 8 nitrogen and oxygen atoms in total. The van der Waals surface area contributed by atoms with Crippen LogP contribution in [0.1, 0.15) is 5.82 Å². The van der Waals surface area contributed by atoms with Crippen molar-refractivity contribution in [3.05, 3.63) is 84.4 Å². The second kappa shape index (κ2) is 10.5. The van der Waals surface area contributed by atoms with Gasteiger partial charge in [-0.1, -0.05) is 42.1 Å². The first-order chi connectivity index (χ1) is 17.2. The largest absolute Gasteiger partial charge is 0.486 e. The lowest BCUT2D eigenvalue weighted by atomic mass is 10.2. The normalized spacial score (nSPS) is 12.3. The molecule has 2 heterocycles. The van der Waals surface area contributed by atoms with Gasteiger partial charge in [0.1, 0.15) is 19.8 Å². The molecule has 0 bridgehead atoms. The Kier molecular flexibility index (Phi) is 6.80. The zero-order valence-electron chi connectivity index (χ0n) is 18.5. The number of anilines is 1. The minimum absolute atomic E-state index is 0.00673. The predicted molar refractivity (Wildman–Crippen MR) is 129 cm³/mol. The summed E-state index contributed by atoms with van der Waals surface area (Å²) in [6.45, 7) is 0.982. The Hall–Kier alpha value is -4.05. The van der Waals surface area contributed by atoms with E-state index in [2.05, 4.69) is 15.5 Å². The lowest BCUT2D eigenvalue weighted by Gasteiger charge is -2.19. The van der Waals surface area contributed by atoms with Crippen LogP contribution in [0.4, 0.5) is 10.1 Å². The van der Waals surface area contributed by atoms with Gasteiger partial charge in [-0.2, -0.15) is 0 Å². The molecule has 4 aromatic rings. The number of carbonyl (C=O) groups excluding carboxylic acids is 1. The number of rotatable bonds is 8. The average molecular weight is 493 g/mol. The smallest absolute Gasteiger partial charge is 0.234 e. The van der Waals surface area contributed by atoms with E-state index in [0.29, 0.717) is 41.4 Å². The van der Waals surface area contributed by atoms with E-state index in [0.717, 1.165) is 5.69 Å². The predicted octanol–water partition coefficient (Wildman–Crippen LogP) is 4.49. The maximum atomic E-state index is 14.0. The lowest BCUT2D eigenvalue weighted by molar-refractivity contribution is -0.113. The van der Waals surface area contributed by atoms with Crippen LogP contribution >= 0.6 is 11.8 Å². The summed E-state index contributed by atoms with van der Waals surface area (Å²) in [5.74, 6) is 1.31. The number of hydrogen-bond acceptors (Lipinski definition) is 7. The van der Waals surface area contributed by atoms with Gasteiger partial charge in [-0.05, 0) is 36.4 Å². The van der Waals surface area contributed by atoms with E-state index in [1.165, 1.54) is 17.8 Å². The highest BCUT2D eigenvalue weighted by Crippen LogP contribution is 2.32. The third-order valence-corrected chi connectivity index (χ3v) is 6.00. The van der Waals surface area contributed by atoms with Gasteiger partial charge in [0.15, 0.2) is 34.0 Å². The molecule has 1 N–H and O–H groups in total. The summed E-state index contributed by atoms with van der Waals surface area (Å²) in [5.41, 5.74) is 1.42. The van der Waals surface area contributed by atoms with Crippen LogP contribution in [0.25, 0.3) is 5.69 Å². The second-order valence-electron chi connectivity index (χ2n) is 7.48. The van der Waals surface area contributed by atoms with Gasteiger partial charge in [-0.25, -0.2) is 4.39 Å². The number of nitrogens with one attached hydrogen (secondary N) is 1. The average Bonchev–Trinajstić information content (AvgIpc) is 3.30. The number of benzene rings is 3. The van der Waals surface area contributed by atoms with Crippen molar-refractivity contribution in [3.8, 4) is 22.9 Å². The number of ether oxygens (including phenoxy) is 3. The first-order valence-electron chi connectivity index (χ1n) is 10.9. The highest BCUT2D eigenvalue weighted by molar-refractivity contribution is 7.99. The van der Waals surface area contributed by atoms with Gasteiger partial charge in [-0.3, -0.25) is 9.36 Å². The molecule has 0 fully saturated rings. The Balaban J connectivity index is 1.29. The number of hydrogen-bond donors (Lipinski definition) is 1. The van der Waals surface area contributed by atoms with Crippen LogP contribution in [0.15, 0.2) is 78.0 Å². The molecule has 1 amide bonds. The summed E-state index contributed by atoms with van der Waals surface area (Å²) in [5, 5.41) is 11.9. The number of thioether (sulfide) groups is 1. The van der Waals surface area contributed by atoms with Gasteiger partial charge in [0.2, 0.25) is 5.91 Å². The molecule has 10 heteroatoms. The maximum Gasteiger partial charge on any atom is 0.234 e. The second-order valence-corrected chi connectivity index (χ2v) is 8.43. The highest BCUT2D eigenvalue weighted by atomic mass is 32.2. The number of carbonyl (C=O) groups is 1. The first-order valence-corrected chi connectivity index (χ1v) is 11.9. The van der Waals surface area contributed by atoms with Crippen molar-refractivity contribution in [2.24, 2.45) is 0 Å². The molecule has 0 atom stereocenters. The molecule has 0 saturated heterocycles. The number of para-hydroxylation sites is 2. The molecule has 1 aliphatic heterocycles. The molecule has 0 spiro atoms. The van der Waals surface area contributed by atoms with Crippen LogP contribution in [0, 0.1) is 5.82 Å². The number of nitrogens with zero attached hydrogens (tertiary/aromatic N) is 3. The Labute approximate surface area is 205 Å². The molecular weight excluding hydrogens is 471 g/mol. The molecular formula is C25H21FN4O4S. The van der Waals surface area contributed by atoms with E-state index in [1.54, 1.807) is 41.0 Å². The number of fused-ring (bicyclic) bond motifs is 1. The maximum absolute atomic E-state index is 14.0. The summed E-state index contributed by atoms with van der Waals surface area (Å²) in [6.07, 6.45) is 0. The Morgan fingerprint density at radius 1 is 1.00 bits per heavy atom. The monoisotopic (exact) mass is 492 g/mol. The molecule has 0 radical (unpaired) electrons. The van der Waals surface area contributed by atoms with Crippen molar-refractivity contribution in [3.63, 3.8) is 0 Å². The van der Waals surface area contributed by atoms with Crippen LogP contribution in [-0.2, 0) is 11.4 Å². The fraction of sp³-hybridized carbons (Fsp3) is 0.160. The van der Waals surface area contributed by atoms with E-state index in [4.69, 9.17) is 14.2 Å². The highest BCUT2D eigenvalue weighted by Gasteiger charge is 2.18. The zero-order chi connectivity index (χ0) is 24.0. The van der Waals surface area contributed by atoms with Crippen LogP contribution in [0.2, 0.25) is 0 Å². The number of halogens is 1. The molecule has 0 unspecified atom stereocenters. The van der Waals surface area contributed by atoms with E-state index < -0.39 is 5.82 Å². The van der Waals surface area contributed by atoms with E-state index >= 15 is 0 Å². The lowest BCUT2D eigenvalue weighted by Crippen LogP contribution is -2.17. The molecule has 0 aliphatic carbocycles. The first kappa shape index (κ1) is 22.7. The minimum Gasteiger partial charge on any atom is -0.486 e. The number of aromatic nitrogens is 3. The standard InChI is InChI=1S/C25H21FN4O4S/c26-19-8-4-5-9-20(19)34-15-23-28-29-25(30(23)18-6-2-1-3-7-18)35-16-24(31)27-17-10-11-21-22(14-17)33-13-12-32-21/h1-11,14H,12-13,15-16H2,(H,27,31). The van der Waals surface area contributed by atoms with Gasteiger partial charge >= 0.3 is 0 Å².